The standard InChI is InChI=1S/C18H15Cl2F3N4OS/c1-9-15(17(28)26-4-5-29-8-26)16(10-2-3-11(19)12(20)6-10)27-14(24-9)7-13(25-27)18(21,22)23/h2-3,6-7,16,24H,4-5,8H2,1H3. The topological polar surface area (TPSA) is 50.2 Å². The van der Waals surface area contributed by atoms with Gasteiger partial charge in [0, 0.05) is 24.1 Å². The van der Waals surface area contributed by atoms with Crippen LogP contribution in [0.25, 0.3) is 0 Å². The number of nitrogens with one attached hydrogen (secondary N) is 1. The van der Waals surface area contributed by atoms with E-state index in [1.54, 1.807) is 41.8 Å². The molecule has 1 aromatic carbocycles. The third-order valence-corrected chi connectivity index (χ3v) is 6.50. The van der Waals surface area contributed by atoms with Crippen molar-refractivity contribution < 1.29 is 18.0 Å². The molecule has 154 valence electrons. The lowest BCUT2D eigenvalue weighted by atomic mass is 9.94. The number of amides is 1. The second kappa shape index (κ2) is 7.45. The number of hydrogen-bond acceptors (Lipinski definition) is 4. The van der Waals surface area contributed by atoms with Gasteiger partial charge in [0.15, 0.2) is 5.69 Å². The molecule has 5 nitrogen and oxygen atoms in total. The van der Waals surface area contributed by atoms with E-state index in [0.29, 0.717) is 34.3 Å². The van der Waals surface area contributed by atoms with Crippen LogP contribution in [0.4, 0.5) is 19.0 Å². The predicted molar refractivity (Wildman–Crippen MR) is 107 cm³/mol. The third-order valence-electron chi connectivity index (χ3n) is 4.79. The number of allylic oxidation sites excluding steroid dienone is 1. The molecule has 1 atom stereocenters. The summed E-state index contributed by atoms with van der Waals surface area (Å²) in [6, 6.07) is 4.81. The highest BCUT2D eigenvalue weighted by atomic mass is 35.5. The molecule has 2 aliphatic rings. The first-order chi connectivity index (χ1) is 13.7. The van der Waals surface area contributed by atoms with Gasteiger partial charge >= 0.3 is 6.18 Å². The molecule has 3 heterocycles. The normalized spacial score (nSPS) is 19.4. The Hall–Kier alpha value is -1.84. The quantitative estimate of drug-likeness (QED) is 0.679. The van der Waals surface area contributed by atoms with Crippen LogP contribution in [-0.2, 0) is 11.0 Å². The minimum absolute atomic E-state index is 0.151. The summed E-state index contributed by atoms with van der Waals surface area (Å²) >= 11 is 13.8. The van der Waals surface area contributed by atoms with Crippen molar-refractivity contribution in [1.82, 2.24) is 14.7 Å². The number of nitrogens with zero attached hydrogens (tertiary/aromatic N) is 3. The van der Waals surface area contributed by atoms with Gasteiger partial charge in [-0.3, -0.25) is 4.79 Å². The summed E-state index contributed by atoms with van der Waals surface area (Å²) < 4.78 is 41.0. The monoisotopic (exact) mass is 462 g/mol. The summed E-state index contributed by atoms with van der Waals surface area (Å²) in [5.41, 5.74) is 0.288. The van der Waals surface area contributed by atoms with Gasteiger partial charge in [-0.2, -0.15) is 18.3 Å². The average Bonchev–Trinajstić information content (AvgIpc) is 3.31. The Morgan fingerprint density at radius 3 is 2.66 bits per heavy atom. The van der Waals surface area contributed by atoms with E-state index in [9.17, 15) is 18.0 Å². The second-order valence-electron chi connectivity index (χ2n) is 6.70. The van der Waals surface area contributed by atoms with E-state index in [1.807, 2.05) is 0 Å². The van der Waals surface area contributed by atoms with Gasteiger partial charge in [-0.25, -0.2) is 4.68 Å². The molecule has 1 N–H and O–H groups in total. The van der Waals surface area contributed by atoms with E-state index in [2.05, 4.69) is 10.4 Å². The molecule has 0 aliphatic carbocycles. The lowest BCUT2D eigenvalue weighted by Crippen LogP contribution is -2.36. The highest BCUT2D eigenvalue weighted by Crippen LogP contribution is 2.41. The van der Waals surface area contributed by atoms with Gasteiger partial charge in [0.05, 0.1) is 21.5 Å². The van der Waals surface area contributed by atoms with E-state index in [4.69, 9.17) is 23.2 Å². The van der Waals surface area contributed by atoms with E-state index < -0.39 is 17.9 Å². The molecule has 0 spiro atoms. The maximum Gasteiger partial charge on any atom is 0.435 e. The summed E-state index contributed by atoms with van der Waals surface area (Å²) in [6.45, 7) is 2.25. The highest BCUT2D eigenvalue weighted by Gasteiger charge is 2.40. The number of thioether (sulfide) groups is 1. The molecule has 1 saturated heterocycles. The average molecular weight is 463 g/mol. The Balaban J connectivity index is 1.87. The van der Waals surface area contributed by atoms with Gasteiger partial charge < -0.3 is 10.2 Å². The van der Waals surface area contributed by atoms with Crippen LogP contribution in [0.5, 0.6) is 0 Å². The zero-order valence-corrected chi connectivity index (χ0v) is 17.4. The van der Waals surface area contributed by atoms with E-state index in [-0.39, 0.29) is 16.7 Å². The maximum atomic E-state index is 13.3. The molecule has 1 fully saturated rings. The molecule has 2 aromatic rings. The van der Waals surface area contributed by atoms with Crippen molar-refractivity contribution in [2.75, 3.05) is 23.5 Å². The fourth-order valence-corrected chi connectivity index (χ4v) is 4.67. The van der Waals surface area contributed by atoms with Gasteiger partial charge in [-0.15, -0.1) is 11.8 Å². The van der Waals surface area contributed by atoms with Crippen LogP contribution >= 0.6 is 35.0 Å². The summed E-state index contributed by atoms with van der Waals surface area (Å²) in [5.74, 6) is 1.25. The van der Waals surface area contributed by atoms with Crippen LogP contribution in [0.1, 0.15) is 24.2 Å². The second-order valence-corrected chi connectivity index (χ2v) is 8.59. The van der Waals surface area contributed by atoms with Gasteiger partial charge in [0.1, 0.15) is 11.9 Å². The molecule has 4 rings (SSSR count). The highest BCUT2D eigenvalue weighted by molar-refractivity contribution is 7.99. The summed E-state index contributed by atoms with van der Waals surface area (Å²) in [6.07, 6.45) is -4.61. The van der Waals surface area contributed by atoms with Gasteiger partial charge in [0.2, 0.25) is 0 Å². The lowest BCUT2D eigenvalue weighted by Gasteiger charge is -2.31. The van der Waals surface area contributed by atoms with E-state index >= 15 is 0 Å². The Morgan fingerprint density at radius 2 is 2.03 bits per heavy atom. The Kier molecular flexibility index (Phi) is 5.25. The van der Waals surface area contributed by atoms with Crippen LogP contribution in [-0.4, -0.2) is 38.8 Å². The first-order valence-electron chi connectivity index (χ1n) is 8.63. The number of carbonyl (C=O) groups is 1. The molecular weight excluding hydrogens is 448 g/mol. The molecule has 11 heteroatoms. The number of carbonyl (C=O) groups excluding carboxylic acids is 1. The molecule has 1 aromatic heterocycles. The van der Waals surface area contributed by atoms with Crippen molar-refractivity contribution in [3.05, 3.63) is 56.8 Å². The molecule has 29 heavy (non-hydrogen) atoms. The number of benzene rings is 1. The molecule has 0 bridgehead atoms. The third kappa shape index (κ3) is 3.71. The Morgan fingerprint density at radius 1 is 1.28 bits per heavy atom. The first kappa shape index (κ1) is 20.4. The largest absolute Gasteiger partial charge is 0.435 e. The van der Waals surface area contributed by atoms with Crippen molar-refractivity contribution in [2.24, 2.45) is 0 Å². The van der Waals surface area contributed by atoms with Crippen LogP contribution in [0, 0.1) is 0 Å². The number of rotatable bonds is 2. The van der Waals surface area contributed by atoms with Gasteiger partial charge in [0.25, 0.3) is 5.91 Å². The van der Waals surface area contributed by atoms with Crippen molar-refractivity contribution in [1.29, 1.82) is 0 Å². The number of hydrogen-bond donors (Lipinski definition) is 1. The number of fused-ring (bicyclic) bond motifs is 1. The Labute approximate surface area is 178 Å². The fraction of sp³-hybridized carbons (Fsp3) is 0.333. The van der Waals surface area contributed by atoms with Crippen molar-refractivity contribution in [2.45, 2.75) is 19.1 Å². The Bertz CT molecular complexity index is 1020. The summed E-state index contributed by atoms with van der Waals surface area (Å²) in [7, 11) is 0. The molecular formula is C18H15Cl2F3N4OS. The molecule has 0 saturated carbocycles. The van der Waals surface area contributed by atoms with Crippen molar-refractivity contribution in [3.63, 3.8) is 0 Å². The zero-order chi connectivity index (χ0) is 20.9. The fourth-order valence-electron chi connectivity index (χ4n) is 3.42. The van der Waals surface area contributed by atoms with Crippen molar-refractivity contribution >= 4 is 46.7 Å². The first-order valence-corrected chi connectivity index (χ1v) is 10.5. The summed E-state index contributed by atoms with van der Waals surface area (Å²) in [5, 5.41) is 7.22. The van der Waals surface area contributed by atoms with Crippen LogP contribution in [0.3, 0.4) is 0 Å². The smallest absolute Gasteiger partial charge is 0.344 e. The minimum atomic E-state index is -4.61. The SMILES string of the molecule is CC1=C(C(=O)N2CCSC2)C(c2ccc(Cl)c(Cl)c2)n2nc(C(F)(F)F)cc2N1. The van der Waals surface area contributed by atoms with Gasteiger partial charge in [-0.1, -0.05) is 29.3 Å². The molecule has 0 radical (unpaired) electrons. The predicted octanol–water partition coefficient (Wildman–Crippen LogP) is 5.03. The minimum Gasteiger partial charge on any atom is -0.344 e. The number of anilines is 1. The molecule has 1 amide bonds. The number of aromatic nitrogens is 2. The van der Waals surface area contributed by atoms with Gasteiger partial charge in [-0.05, 0) is 24.6 Å². The van der Waals surface area contributed by atoms with E-state index in [0.717, 1.165) is 11.8 Å². The molecule has 1 unspecified atom stereocenters. The van der Waals surface area contributed by atoms with Crippen LogP contribution in [0.2, 0.25) is 10.0 Å². The lowest BCUT2D eigenvalue weighted by molar-refractivity contribution is -0.141. The van der Waals surface area contributed by atoms with E-state index in [1.165, 1.54) is 4.68 Å². The van der Waals surface area contributed by atoms with Crippen LogP contribution in [0.15, 0.2) is 35.5 Å². The van der Waals surface area contributed by atoms with Crippen molar-refractivity contribution in [3.8, 4) is 0 Å². The summed E-state index contributed by atoms with van der Waals surface area (Å²) in [4.78, 5) is 14.9. The zero-order valence-electron chi connectivity index (χ0n) is 15.1. The molecule has 2 aliphatic heterocycles. The van der Waals surface area contributed by atoms with Crippen LogP contribution < -0.4 is 5.32 Å². The number of alkyl halides is 3. The number of halogens is 5. The maximum absolute atomic E-state index is 13.3.